The molecule has 0 aliphatic heterocycles. The number of hydrogen-bond donors (Lipinski definition) is 2. The van der Waals surface area contributed by atoms with Crippen LogP contribution >= 0.6 is 10.7 Å². The number of rotatable bonds is 7. The normalized spacial score (nSPS) is 11.5. The Balaban J connectivity index is 0.00000136. The van der Waals surface area contributed by atoms with Crippen molar-refractivity contribution in [3.8, 4) is 0 Å². The molecule has 0 aliphatic rings. The molecule has 3 N–H and O–H groups in total. The van der Waals surface area contributed by atoms with Gasteiger partial charge in [-0.25, -0.2) is 0 Å². The van der Waals surface area contributed by atoms with Gasteiger partial charge in [0.25, 0.3) is 0 Å². The predicted octanol–water partition coefficient (Wildman–Crippen LogP) is 4.07. The van der Waals surface area contributed by atoms with Crippen LogP contribution in [-0.4, -0.2) is 26.4 Å². The van der Waals surface area contributed by atoms with Gasteiger partial charge in [-0.3, -0.25) is 15.5 Å². The maximum Gasteiger partial charge on any atom is 0.0920 e. The van der Waals surface area contributed by atoms with Gasteiger partial charge in [-0.05, 0) is 18.2 Å². The van der Waals surface area contributed by atoms with E-state index in [2.05, 4.69) is 57.4 Å². The molecule has 0 saturated carbocycles. The van der Waals surface area contributed by atoms with Crippen LogP contribution in [0.4, 0.5) is 5.69 Å². The summed E-state index contributed by atoms with van der Waals surface area (Å²) in [6.07, 6.45) is 3.68. The lowest BCUT2D eigenvalue weighted by molar-refractivity contribution is 0.795. The number of nitrogens with one attached hydrogen (secondary N) is 1. The quantitative estimate of drug-likeness (QED) is 0.357. The second-order valence-electron chi connectivity index (χ2n) is 5.93. The van der Waals surface area contributed by atoms with E-state index in [0.29, 0.717) is 12.2 Å². The molecule has 28 heavy (non-hydrogen) atoms. The highest BCUT2D eigenvalue weighted by Gasteiger charge is 2.16. The van der Waals surface area contributed by atoms with Crippen LogP contribution in [0.15, 0.2) is 49.3 Å². The third kappa shape index (κ3) is 4.61. The van der Waals surface area contributed by atoms with Crippen LogP contribution in [0.1, 0.15) is 32.0 Å². The van der Waals surface area contributed by atoms with Crippen molar-refractivity contribution in [3.05, 3.63) is 60.6 Å². The molecule has 0 bridgehead atoms. The Morgan fingerprint density at radius 3 is 2.61 bits per heavy atom. The highest BCUT2D eigenvalue weighted by Crippen LogP contribution is 2.34. The molecule has 3 aromatic rings. The van der Waals surface area contributed by atoms with Crippen molar-refractivity contribution in [2.24, 2.45) is 12.9 Å². The van der Waals surface area contributed by atoms with Crippen molar-refractivity contribution < 1.29 is 0 Å². The molecule has 2 aromatic heterocycles. The van der Waals surface area contributed by atoms with Crippen LogP contribution < -0.4 is 15.6 Å². The minimum Gasteiger partial charge on any atom is -0.324 e. The predicted molar refractivity (Wildman–Crippen MR) is 124 cm³/mol. The van der Waals surface area contributed by atoms with Crippen LogP contribution in [0, 0.1) is 0 Å². The van der Waals surface area contributed by atoms with Crippen LogP contribution in [0.5, 0.6) is 0 Å². The van der Waals surface area contributed by atoms with E-state index in [4.69, 9.17) is 5.84 Å². The van der Waals surface area contributed by atoms with E-state index in [0.717, 1.165) is 33.6 Å². The van der Waals surface area contributed by atoms with Gasteiger partial charge < -0.3 is 9.73 Å². The molecule has 1 aromatic carbocycles. The first-order valence-electron chi connectivity index (χ1n) is 9.35. The highest BCUT2D eigenvalue weighted by molar-refractivity contribution is 8.15. The van der Waals surface area contributed by atoms with Crippen LogP contribution in [-0.2, 0) is 13.6 Å². The Labute approximate surface area is 170 Å². The zero-order valence-corrected chi connectivity index (χ0v) is 18.0. The fourth-order valence-corrected chi connectivity index (χ4v) is 3.86. The smallest absolute Gasteiger partial charge is 0.0920 e. The summed E-state index contributed by atoms with van der Waals surface area (Å²) in [6.45, 7) is 10.7. The molecule has 150 valence electrons. The molecule has 6 nitrogen and oxygen atoms in total. The van der Waals surface area contributed by atoms with Crippen molar-refractivity contribution in [2.45, 2.75) is 27.3 Å². The molecule has 0 radical (unpaired) electrons. The number of pyridine rings is 1. The van der Waals surface area contributed by atoms with Crippen molar-refractivity contribution in [1.82, 2.24) is 20.2 Å². The topological polar surface area (TPSA) is 72.0 Å². The number of nitrogens with zero attached hydrogens (tertiary/aromatic N) is 4. The third-order valence-electron chi connectivity index (χ3n) is 4.31. The van der Waals surface area contributed by atoms with E-state index >= 15 is 0 Å². The van der Waals surface area contributed by atoms with Gasteiger partial charge in [0.05, 0.1) is 35.3 Å². The number of hydrazine groups is 1. The molecule has 2 heterocycles. The number of fused-ring (bicyclic) bond motifs is 1. The number of nitrogens with two attached hydrogens (primary N) is 1. The standard InChI is InChI=1S/C19H24N6S.C2H6/c1-5-26(4)25(13-17-10-9-15(11-21-17)14(2)23-20)18-8-6-7-16-12-22-24(3)19(16)18;1-2/h6-12,23H,2,4-5,13,20H2,1,3H3;1-2H3. The van der Waals surface area contributed by atoms with Gasteiger partial charge >= 0.3 is 0 Å². The van der Waals surface area contributed by atoms with Crippen molar-refractivity contribution >= 4 is 38.8 Å². The van der Waals surface area contributed by atoms with E-state index in [1.54, 1.807) is 6.20 Å². The first-order valence-corrected chi connectivity index (χ1v) is 10.9. The van der Waals surface area contributed by atoms with Gasteiger partial charge in [0.1, 0.15) is 0 Å². The Bertz CT molecular complexity index is 945. The molecular formula is C21H30N6S. The van der Waals surface area contributed by atoms with Crippen molar-refractivity contribution in [2.75, 3.05) is 10.1 Å². The second-order valence-corrected chi connectivity index (χ2v) is 7.87. The zero-order valence-electron chi connectivity index (χ0n) is 17.1. The Morgan fingerprint density at radius 2 is 2.00 bits per heavy atom. The molecule has 0 aliphatic carbocycles. The summed E-state index contributed by atoms with van der Waals surface area (Å²) in [5.41, 5.74) is 7.28. The molecule has 1 unspecified atom stereocenters. The molecule has 0 fully saturated rings. The van der Waals surface area contributed by atoms with Crippen LogP contribution in [0.3, 0.4) is 0 Å². The summed E-state index contributed by atoms with van der Waals surface area (Å²) in [5, 5.41) is 5.52. The van der Waals surface area contributed by atoms with Gasteiger partial charge in [-0.1, -0.05) is 45.4 Å². The zero-order chi connectivity index (χ0) is 20.7. The average Bonchev–Trinajstić information content (AvgIpc) is 3.14. The third-order valence-corrected chi connectivity index (χ3v) is 5.92. The Kier molecular flexibility index (Phi) is 7.78. The van der Waals surface area contributed by atoms with Gasteiger partial charge in [0.2, 0.25) is 0 Å². The van der Waals surface area contributed by atoms with Crippen molar-refractivity contribution in [3.63, 3.8) is 0 Å². The summed E-state index contributed by atoms with van der Waals surface area (Å²) >= 11 is 0. The number of anilines is 1. The molecule has 1 atom stereocenters. The van der Waals surface area contributed by atoms with E-state index in [9.17, 15) is 0 Å². The molecular weight excluding hydrogens is 368 g/mol. The minimum absolute atomic E-state index is 0.178. The van der Waals surface area contributed by atoms with Gasteiger partial charge in [0, 0.05) is 29.9 Å². The van der Waals surface area contributed by atoms with E-state index in [-0.39, 0.29) is 10.7 Å². The fraction of sp³-hybridized carbons (Fsp3) is 0.286. The van der Waals surface area contributed by atoms with Crippen molar-refractivity contribution in [1.29, 1.82) is 0 Å². The summed E-state index contributed by atoms with van der Waals surface area (Å²) in [4.78, 5) is 4.58. The lowest BCUT2D eigenvalue weighted by Gasteiger charge is -2.27. The molecule has 0 amide bonds. The first-order chi connectivity index (χ1) is 13.5. The fourth-order valence-electron chi connectivity index (χ4n) is 2.81. The lowest BCUT2D eigenvalue weighted by Crippen LogP contribution is -2.20. The molecule has 7 heteroatoms. The molecule has 3 rings (SSSR count). The number of benzene rings is 1. The summed E-state index contributed by atoms with van der Waals surface area (Å²) in [7, 11) is 1.79. The number of aromatic nitrogens is 3. The minimum atomic E-state index is -0.178. The average molecular weight is 399 g/mol. The second kappa shape index (κ2) is 10.1. The Morgan fingerprint density at radius 1 is 1.25 bits per heavy atom. The van der Waals surface area contributed by atoms with E-state index in [1.807, 2.05) is 43.9 Å². The van der Waals surface area contributed by atoms with Gasteiger partial charge in [0.15, 0.2) is 0 Å². The lowest BCUT2D eigenvalue weighted by atomic mass is 10.2. The maximum absolute atomic E-state index is 5.41. The SMILES string of the molecule is C=C(NN)c1ccc(CN(c2cccc3cnn(C)c23)S(=C)CC)nc1.CC. The molecule has 0 spiro atoms. The number of para-hydroxylation sites is 1. The number of hydrogen-bond acceptors (Lipinski definition) is 5. The summed E-state index contributed by atoms with van der Waals surface area (Å²) in [5.74, 6) is 10.7. The first kappa shape index (κ1) is 21.7. The summed E-state index contributed by atoms with van der Waals surface area (Å²) in [6, 6.07) is 10.2. The van der Waals surface area contributed by atoms with Gasteiger partial charge in [-0.2, -0.15) is 5.10 Å². The number of aryl methyl sites for hydroxylation is 1. The largest absolute Gasteiger partial charge is 0.324 e. The van der Waals surface area contributed by atoms with Crippen LogP contribution in [0.2, 0.25) is 0 Å². The molecule has 0 saturated heterocycles. The summed E-state index contributed by atoms with van der Waals surface area (Å²) < 4.78 is 4.22. The van der Waals surface area contributed by atoms with E-state index < -0.39 is 0 Å². The van der Waals surface area contributed by atoms with Gasteiger partial charge in [-0.15, -0.1) is 10.7 Å². The monoisotopic (exact) mass is 398 g/mol. The maximum atomic E-state index is 5.41. The van der Waals surface area contributed by atoms with E-state index in [1.165, 1.54) is 0 Å². The Hall–Kier alpha value is -2.64. The highest BCUT2D eigenvalue weighted by atomic mass is 32.2. The van der Waals surface area contributed by atoms with Crippen LogP contribution in [0.25, 0.3) is 16.6 Å².